The van der Waals surface area contributed by atoms with Crippen molar-refractivity contribution in [2.75, 3.05) is 7.11 Å². The van der Waals surface area contributed by atoms with Gasteiger partial charge in [-0.3, -0.25) is 0 Å². The normalized spacial score (nSPS) is 8.86. The fourth-order valence-electron chi connectivity index (χ4n) is 1.30. The molecule has 0 bridgehead atoms. The smallest absolute Gasteiger partial charge is 0.123 e. The molecule has 1 aromatic carbocycles. The molecule has 0 atom stereocenters. The average Bonchev–Trinajstić information content (AvgIpc) is 2.19. The highest BCUT2D eigenvalue weighted by molar-refractivity contribution is 5.48. The maximum absolute atomic E-state index is 8.84. The molecule has 0 aliphatic carbocycles. The third-order valence-electron chi connectivity index (χ3n) is 2.01. The van der Waals surface area contributed by atoms with E-state index in [9.17, 15) is 0 Å². The van der Waals surface area contributed by atoms with Crippen molar-refractivity contribution in [3.05, 3.63) is 28.8 Å². The molecule has 0 N–H and O–H groups in total. The first-order chi connectivity index (χ1) is 6.72. The van der Waals surface area contributed by atoms with Crippen LogP contribution in [0.5, 0.6) is 5.75 Å². The number of benzene rings is 1. The number of nitrogens with zero attached hydrogens (tertiary/aromatic N) is 2. The molecule has 0 aliphatic heterocycles. The lowest BCUT2D eigenvalue weighted by Gasteiger charge is -2.07. The first-order valence-electron chi connectivity index (χ1n) is 4.17. The first-order valence-corrected chi connectivity index (χ1v) is 4.17. The molecule has 0 amide bonds. The Morgan fingerprint density at radius 1 is 1.36 bits per heavy atom. The third-order valence-corrected chi connectivity index (χ3v) is 2.01. The Hall–Kier alpha value is -2.00. The van der Waals surface area contributed by atoms with Gasteiger partial charge in [-0.2, -0.15) is 10.5 Å². The van der Waals surface area contributed by atoms with Crippen molar-refractivity contribution in [3.8, 4) is 17.9 Å². The van der Waals surface area contributed by atoms with E-state index in [2.05, 4.69) is 6.07 Å². The maximum Gasteiger partial charge on any atom is 0.123 e. The summed E-state index contributed by atoms with van der Waals surface area (Å²) in [5, 5.41) is 17.4. The van der Waals surface area contributed by atoms with Gasteiger partial charge in [0, 0.05) is 0 Å². The van der Waals surface area contributed by atoms with Gasteiger partial charge in [0.25, 0.3) is 0 Å². The summed E-state index contributed by atoms with van der Waals surface area (Å²) in [4.78, 5) is 0. The van der Waals surface area contributed by atoms with E-state index >= 15 is 0 Å². The Kier molecular flexibility index (Phi) is 3.09. The van der Waals surface area contributed by atoms with Gasteiger partial charge in [0.1, 0.15) is 5.75 Å². The van der Waals surface area contributed by atoms with E-state index in [0.29, 0.717) is 11.3 Å². The van der Waals surface area contributed by atoms with Gasteiger partial charge in [-0.05, 0) is 24.1 Å². The molecule has 70 valence electrons. The van der Waals surface area contributed by atoms with Crippen LogP contribution < -0.4 is 4.74 Å². The highest BCUT2D eigenvalue weighted by Gasteiger charge is 2.06. The number of ether oxygens (including phenoxy) is 1. The van der Waals surface area contributed by atoms with E-state index in [4.69, 9.17) is 15.3 Å². The minimum Gasteiger partial charge on any atom is -0.496 e. The van der Waals surface area contributed by atoms with Crippen molar-refractivity contribution >= 4 is 0 Å². The molecule has 1 rings (SSSR count). The first kappa shape index (κ1) is 10.1. The van der Waals surface area contributed by atoms with Crippen LogP contribution in [0.3, 0.4) is 0 Å². The van der Waals surface area contributed by atoms with Crippen LogP contribution in [0, 0.1) is 29.6 Å². The van der Waals surface area contributed by atoms with E-state index in [1.54, 1.807) is 13.2 Å². The molecule has 14 heavy (non-hydrogen) atoms. The van der Waals surface area contributed by atoms with Gasteiger partial charge in [0.15, 0.2) is 0 Å². The molecule has 1 aromatic rings. The van der Waals surface area contributed by atoms with E-state index in [1.165, 1.54) is 0 Å². The largest absolute Gasteiger partial charge is 0.496 e. The van der Waals surface area contributed by atoms with Crippen LogP contribution in [0.25, 0.3) is 0 Å². The Labute approximate surface area is 83.2 Å². The third kappa shape index (κ3) is 1.84. The highest BCUT2D eigenvalue weighted by atomic mass is 16.5. The lowest BCUT2D eigenvalue weighted by atomic mass is 10.0. The standard InChI is InChI=1S/C11H10N2O/c1-8-5-9(3-4-12)10(7-13)6-11(8)14-2/h5-6H,3H2,1-2H3. The maximum atomic E-state index is 8.84. The quantitative estimate of drug-likeness (QED) is 0.709. The minimum absolute atomic E-state index is 0.258. The number of hydrogen-bond donors (Lipinski definition) is 0. The second kappa shape index (κ2) is 4.30. The summed E-state index contributed by atoms with van der Waals surface area (Å²) in [7, 11) is 1.56. The van der Waals surface area contributed by atoms with Crippen molar-refractivity contribution in [2.24, 2.45) is 0 Å². The van der Waals surface area contributed by atoms with Gasteiger partial charge in [0.2, 0.25) is 0 Å². The second-order valence-corrected chi connectivity index (χ2v) is 2.93. The summed E-state index contributed by atoms with van der Waals surface area (Å²) >= 11 is 0. The summed E-state index contributed by atoms with van der Waals surface area (Å²) in [6, 6.07) is 7.57. The van der Waals surface area contributed by atoms with Crippen LogP contribution in [-0.2, 0) is 6.42 Å². The molecule has 0 saturated heterocycles. The molecule has 0 fully saturated rings. The number of methoxy groups -OCH3 is 1. The summed E-state index contributed by atoms with van der Waals surface area (Å²) in [5.74, 6) is 0.684. The number of aryl methyl sites for hydroxylation is 1. The van der Waals surface area contributed by atoms with E-state index in [0.717, 1.165) is 11.1 Å². The van der Waals surface area contributed by atoms with Gasteiger partial charge in [-0.1, -0.05) is 6.07 Å². The zero-order chi connectivity index (χ0) is 10.6. The van der Waals surface area contributed by atoms with Crippen LogP contribution in [0.2, 0.25) is 0 Å². The number of nitriles is 2. The summed E-state index contributed by atoms with van der Waals surface area (Å²) in [6.45, 7) is 1.89. The Morgan fingerprint density at radius 3 is 2.57 bits per heavy atom. The fourth-order valence-corrected chi connectivity index (χ4v) is 1.30. The Morgan fingerprint density at radius 2 is 2.07 bits per heavy atom. The van der Waals surface area contributed by atoms with Crippen LogP contribution in [-0.4, -0.2) is 7.11 Å². The van der Waals surface area contributed by atoms with Crippen molar-refractivity contribution in [3.63, 3.8) is 0 Å². The van der Waals surface area contributed by atoms with Crippen molar-refractivity contribution < 1.29 is 4.74 Å². The second-order valence-electron chi connectivity index (χ2n) is 2.93. The van der Waals surface area contributed by atoms with E-state index in [-0.39, 0.29) is 6.42 Å². The van der Waals surface area contributed by atoms with Gasteiger partial charge in [-0.15, -0.1) is 0 Å². The summed E-state index contributed by atoms with van der Waals surface area (Å²) in [6.07, 6.45) is 0.258. The molecule has 0 spiro atoms. The molecule has 0 saturated carbocycles. The monoisotopic (exact) mass is 186 g/mol. The summed E-state index contributed by atoms with van der Waals surface area (Å²) < 4.78 is 5.09. The molecular formula is C11H10N2O. The van der Waals surface area contributed by atoms with Gasteiger partial charge in [0.05, 0.1) is 31.2 Å². The molecule has 0 unspecified atom stereocenters. The molecule has 0 radical (unpaired) electrons. The Bertz CT molecular complexity index is 424. The fraction of sp³-hybridized carbons (Fsp3) is 0.273. The van der Waals surface area contributed by atoms with Crippen molar-refractivity contribution in [2.45, 2.75) is 13.3 Å². The van der Waals surface area contributed by atoms with Crippen LogP contribution >= 0.6 is 0 Å². The molecule has 0 aromatic heterocycles. The Balaban J connectivity index is 3.27. The number of rotatable bonds is 2. The molecule has 3 heteroatoms. The molecule has 0 heterocycles. The van der Waals surface area contributed by atoms with Gasteiger partial charge in [-0.25, -0.2) is 0 Å². The molecular weight excluding hydrogens is 176 g/mol. The van der Waals surface area contributed by atoms with Crippen LogP contribution in [0.4, 0.5) is 0 Å². The highest BCUT2D eigenvalue weighted by Crippen LogP contribution is 2.22. The predicted octanol–water partition coefficient (Wildman–Crippen LogP) is 1.94. The molecule has 3 nitrogen and oxygen atoms in total. The van der Waals surface area contributed by atoms with Crippen LogP contribution in [0.1, 0.15) is 16.7 Å². The number of hydrogen-bond acceptors (Lipinski definition) is 3. The van der Waals surface area contributed by atoms with E-state index in [1.807, 2.05) is 19.1 Å². The molecule has 0 aliphatic rings. The zero-order valence-corrected chi connectivity index (χ0v) is 8.16. The van der Waals surface area contributed by atoms with Gasteiger partial charge >= 0.3 is 0 Å². The average molecular weight is 186 g/mol. The van der Waals surface area contributed by atoms with Crippen molar-refractivity contribution in [1.82, 2.24) is 0 Å². The van der Waals surface area contributed by atoms with Crippen LogP contribution in [0.15, 0.2) is 12.1 Å². The SMILES string of the molecule is COc1cc(C#N)c(CC#N)cc1C. The van der Waals surface area contributed by atoms with Crippen molar-refractivity contribution in [1.29, 1.82) is 10.5 Å². The lowest BCUT2D eigenvalue weighted by Crippen LogP contribution is -1.94. The topological polar surface area (TPSA) is 56.8 Å². The predicted molar refractivity (Wildman–Crippen MR) is 51.8 cm³/mol. The summed E-state index contributed by atoms with van der Waals surface area (Å²) in [5.41, 5.74) is 2.21. The van der Waals surface area contributed by atoms with Gasteiger partial charge < -0.3 is 4.74 Å². The zero-order valence-electron chi connectivity index (χ0n) is 8.16. The van der Waals surface area contributed by atoms with E-state index < -0.39 is 0 Å². The minimum atomic E-state index is 0.258. The lowest BCUT2D eigenvalue weighted by molar-refractivity contribution is 0.411.